The summed E-state index contributed by atoms with van der Waals surface area (Å²) in [6, 6.07) is 19.0. The van der Waals surface area contributed by atoms with Crippen LogP contribution in [0.1, 0.15) is 19.4 Å². The van der Waals surface area contributed by atoms with Crippen LogP contribution in [0.15, 0.2) is 65.1 Å². The topological polar surface area (TPSA) is 53.6 Å². The van der Waals surface area contributed by atoms with Crippen molar-refractivity contribution in [2.24, 2.45) is 0 Å². The highest BCUT2D eigenvalue weighted by Crippen LogP contribution is 2.40. The van der Waals surface area contributed by atoms with Gasteiger partial charge >= 0.3 is 0 Å². The highest BCUT2D eigenvalue weighted by Gasteiger charge is 2.23. The second-order valence-electron chi connectivity index (χ2n) is 6.57. The fourth-order valence-electron chi connectivity index (χ4n) is 3.27. The quantitative estimate of drug-likeness (QED) is 0.535. The minimum Gasteiger partial charge on any atom is -0.508 e. The molecule has 3 nitrogen and oxygen atoms in total. The molecule has 0 aliphatic heterocycles. The van der Waals surface area contributed by atoms with E-state index in [0.717, 1.165) is 33.1 Å². The zero-order valence-corrected chi connectivity index (χ0v) is 13.6. The number of aliphatic hydroxyl groups is 1. The number of hydrogen-bond acceptors (Lipinski definition) is 3. The molecule has 24 heavy (non-hydrogen) atoms. The molecule has 4 aromatic rings. The lowest BCUT2D eigenvalue weighted by Crippen LogP contribution is -2.16. The largest absolute Gasteiger partial charge is 0.508 e. The molecule has 0 aliphatic rings. The number of aromatic hydroxyl groups is 1. The second-order valence-corrected chi connectivity index (χ2v) is 6.57. The third-order valence-electron chi connectivity index (χ3n) is 4.35. The van der Waals surface area contributed by atoms with Crippen molar-refractivity contribution in [2.45, 2.75) is 19.4 Å². The van der Waals surface area contributed by atoms with Crippen molar-refractivity contribution in [3.63, 3.8) is 0 Å². The fraction of sp³-hybridized carbons (Fsp3) is 0.143. The van der Waals surface area contributed by atoms with E-state index in [1.54, 1.807) is 26.0 Å². The van der Waals surface area contributed by atoms with Gasteiger partial charge in [0.05, 0.1) is 5.60 Å². The van der Waals surface area contributed by atoms with Crippen LogP contribution in [0, 0.1) is 0 Å². The summed E-state index contributed by atoms with van der Waals surface area (Å²) in [6.45, 7) is 3.44. The molecule has 1 heterocycles. The van der Waals surface area contributed by atoms with Crippen LogP contribution >= 0.6 is 0 Å². The predicted octanol–water partition coefficient (Wildman–Crippen LogP) is 5.19. The van der Waals surface area contributed by atoms with Gasteiger partial charge in [-0.2, -0.15) is 0 Å². The van der Waals surface area contributed by atoms with Gasteiger partial charge in [0.2, 0.25) is 0 Å². The molecule has 120 valence electrons. The van der Waals surface area contributed by atoms with Gasteiger partial charge in [0.25, 0.3) is 0 Å². The second kappa shape index (κ2) is 5.11. The van der Waals surface area contributed by atoms with Crippen molar-refractivity contribution in [2.75, 3.05) is 0 Å². The average Bonchev–Trinajstić information content (AvgIpc) is 2.92. The van der Waals surface area contributed by atoms with Crippen LogP contribution in [0.25, 0.3) is 33.1 Å². The maximum absolute atomic E-state index is 10.6. The van der Waals surface area contributed by atoms with Gasteiger partial charge < -0.3 is 14.6 Å². The van der Waals surface area contributed by atoms with Gasteiger partial charge in [0, 0.05) is 10.8 Å². The SMILES string of the molecule is CC(C)(O)c1cc(O)ccc1-c1cccc2oc3ccccc3c12. The lowest BCUT2D eigenvalue weighted by Gasteiger charge is -2.22. The number of phenolic OH excluding ortho intramolecular Hbond substituents is 1. The molecule has 0 amide bonds. The van der Waals surface area contributed by atoms with Crippen molar-refractivity contribution < 1.29 is 14.6 Å². The van der Waals surface area contributed by atoms with Crippen LogP contribution in [0.2, 0.25) is 0 Å². The summed E-state index contributed by atoms with van der Waals surface area (Å²) >= 11 is 0. The Hall–Kier alpha value is -2.78. The Kier molecular flexibility index (Phi) is 3.15. The Balaban J connectivity index is 2.12. The molecule has 1 aromatic heterocycles. The van der Waals surface area contributed by atoms with E-state index in [4.69, 9.17) is 4.42 Å². The van der Waals surface area contributed by atoms with Crippen LogP contribution in [-0.4, -0.2) is 10.2 Å². The summed E-state index contributed by atoms with van der Waals surface area (Å²) in [5.41, 5.74) is 3.12. The lowest BCUT2D eigenvalue weighted by molar-refractivity contribution is 0.0789. The van der Waals surface area contributed by atoms with E-state index in [1.807, 2.05) is 48.5 Å². The van der Waals surface area contributed by atoms with E-state index < -0.39 is 5.60 Å². The molecule has 0 radical (unpaired) electrons. The minimum absolute atomic E-state index is 0.139. The third-order valence-corrected chi connectivity index (χ3v) is 4.35. The van der Waals surface area contributed by atoms with Gasteiger partial charge in [0.15, 0.2) is 0 Å². The van der Waals surface area contributed by atoms with Gasteiger partial charge in [-0.15, -0.1) is 0 Å². The van der Waals surface area contributed by atoms with Crippen molar-refractivity contribution in [3.8, 4) is 16.9 Å². The van der Waals surface area contributed by atoms with Gasteiger partial charge in [-0.25, -0.2) is 0 Å². The molecule has 0 spiro atoms. The van der Waals surface area contributed by atoms with Crippen molar-refractivity contribution in [1.29, 1.82) is 0 Å². The molecule has 0 unspecified atom stereocenters. The summed E-state index contributed by atoms with van der Waals surface area (Å²) in [6.07, 6.45) is 0. The maximum Gasteiger partial charge on any atom is 0.136 e. The van der Waals surface area contributed by atoms with Gasteiger partial charge in [-0.3, -0.25) is 0 Å². The molecule has 4 rings (SSSR count). The molecule has 3 aromatic carbocycles. The van der Waals surface area contributed by atoms with E-state index in [0.29, 0.717) is 5.56 Å². The van der Waals surface area contributed by atoms with Crippen LogP contribution in [-0.2, 0) is 5.60 Å². The lowest BCUT2D eigenvalue weighted by atomic mass is 9.87. The predicted molar refractivity (Wildman–Crippen MR) is 96.1 cm³/mol. The number of para-hydroxylation sites is 1. The number of furan rings is 1. The van der Waals surface area contributed by atoms with Gasteiger partial charge in [-0.05, 0) is 54.8 Å². The van der Waals surface area contributed by atoms with Crippen LogP contribution in [0.4, 0.5) is 0 Å². The number of hydrogen-bond donors (Lipinski definition) is 2. The summed E-state index contributed by atoms with van der Waals surface area (Å²) in [5.74, 6) is 0.139. The van der Waals surface area contributed by atoms with Gasteiger partial charge in [0.1, 0.15) is 16.9 Å². The highest BCUT2D eigenvalue weighted by atomic mass is 16.3. The number of phenols is 1. The van der Waals surface area contributed by atoms with E-state index in [1.165, 1.54) is 0 Å². The van der Waals surface area contributed by atoms with E-state index in [9.17, 15) is 10.2 Å². The minimum atomic E-state index is -1.07. The monoisotopic (exact) mass is 318 g/mol. The highest BCUT2D eigenvalue weighted by molar-refractivity contribution is 6.12. The molecule has 2 N–H and O–H groups in total. The first-order chi connectivity index (χ1) is 11.4. The molecule has 0 saturated carbocycles. The molecule has 0 saturated heterocycles. The molecule has 0 atom stereocenters. The average molecular weight is 318 g/mol. The summed E-state index contributed by atoms with van der Waals surface area (Å²) < 4.78 is 5.95. The first-order valence-corrected chi connectivity index (χ1v) is 7.91. The van der Waals surface area contributed by atoms with Crippen LogP contribution < -0.4 is 0 Å². The molecule has 0 bridgehead atoms. The fourth-order valence-corrected chi connectivity index (χ4v) is 3.27. The Labute approximate surface area is 139 Å². The van der Waals surface area contributed by atoms with Crippen molar-refractivity contribution >= 4 is 21.9 Å². The first-order valence-electron chi connectivity index (χ1n) is 7.91. The third kappa shape index (κ3) is 2.25. The van der Waals surface area contributed by atoms with Crippen LogP contribution in [0.3, 0.4) is 0 Å². The van der Waals surface area contributed by atoms with Gasteiger partial charge in [-0.1, -0.05) is 36.4 Å². The smallest absolute Gasteiger partial charge is 0.136 e. The Morgan fingerprint density at radius 3 is 2.38 bits per heavy atom. The summed E-state index contributed by atoms with van der Waals surface area (Å²) in [4.78, 5) is 0. The molecule has 0 fully saturated rings. The van der Waals surface area contributed by atoms with Crippen LogP contribution in [0.5, 0.6) is 5.75 Å². The van der Waals surface area contributed by atoms with Crippen molar-refractivity contribution in [1.82, 2.24) is 0 Å². The van der Waals surface area contributed by atoms with E-state index in [2.05, 4.69) is 0 Å². The number of fused-ring (bicyclic) bond motifs is 3. The number of rotatable bonds is 2. The normalized spacial score (nSPS) is 12.1. The Morgan fingerprint density at radius 1 is 0.833 bits per heavy atom. The van der Waals surface area contributed by atoms with Crippen molar-refractivity contribution in [3.05, 3.63) is 66.2 Å². The first kappa shape index (κ1) is 14.8. The summed E-state index contributed by atoms with van der Waals surface area (Å²) in [7, 11) is 0. The Morgan fingerprint density at radius 2 is 1.58 bits per heavy atom. The summed E-state index contributed by atoms with van der Waals surface area (Å²) in [5, 5.41) is 22.5. The zero-order valence-electron chi connectivity index (χ0n) is 13.6. The maximum atomic E-state index is 10.6. The number of benzene rings is 3. The zero-order chi connectivity index (χ0) is 16.9. The molecular weight excluding hydrogens is 300 g/mol. The molecule has 3 heteroatoms. The van der Waals surface area contributed by atoms with E-state index >= 15 is 0 Å². The molecular formula is C21H18O3. The Bertz CT molecular complexity index is 1050. The standard InChI is InChI=1S/C21H18O3/c1-21(2,23)17-12-13(22)10-11-14(17)15-7-5-9-19-20(15)16-6-3-4-8-18(16)24-19/h3-12,22-23H,1-2H3. The molecule has 0 aliphatic carbocycles. The van der Waals surface area contributed by atoms with E-state index in [-0.39, 0.29) is 5.75 Å².